The molecule has 1 aromatic rings. The monoisotopic (exact) mass is 343 g/mol. The van der Waals surface area contributed by atoms with Crippen LogP contribution in [0.5, 0.6) is 0 Å². The van der Waals surface area contributed by atoms with Crippen LogP contribution in [0.25, 0.3) is 0 Å². The van der Waals surface area contributed by atoms with Crippen LogP contribution in [0.15, 0.2) is 22.7 Å². The van der Waals surface area contributed by atoms with E-state index in [2.05, 4.69) is 26.6 Å². The Bertz CT molecular complexity index is 477. The van der Waals surface area contributed by atoms with E-state index in [4.69, 9.17) is 18.0 Å². The van der Waals surface area contributed by atoms with Crippen molar-refractivity contribution in [1.29, 1.82) is 0 Å². The van der Waals surface area contributed by atoms with Crippen LogP contribution in [0, 0.1) is 0 Å². The second-order valence-electron chi connectivity index (χ2n) is 4.46. The first-order valence-electron chi connectivity index (χ1n) is 6.02. The molecule has 0 atom stereocenters. The van der Waals surface area contributed by atoms with Crippen LogP contribution in [0.2, 0.25) is 0 Å². The van der Waals surface area contributed by atoms with Crippen molar-refractivity contribution < 1.29 is 4.79 Å². The Morgan fingerprint density at radius 3 is 2.68 bits per heavy atom. The molecule has 4 N–H and O–H groups in total. The van der Waals surface area contributed by atoms with Gasteiger partial charge in [0.15, 0.2) is 0 Å². The van der Waals surface area contributed by atoms with Crippen molar-refractivity contribution >= 4 is 44.7 Å². The highest BCUT2D eigenvalue weighted by Gasteiger charge is 2.05. The molecule has 1 rings (SSSR count). The molecular weight excluding hydrogens is 326 g/mol. The largest absolute Gasteiger partial charge is 0.389 e. The zero-order valence-corrected chi connectivity index (χ0v) is 13.4. The van der Waals surface area contributed by atoms with Crippen LogP contribution in [0.3, 0.4) is 0 Å². The Morgan fingerprint density at radius 2 is 2.16 bits per heavy atom. The number of carbonyl (C=O) groups excluding carboxylic acids is 1. The van der Waals surface area contributed by atoms with Crippen LogP contribution in [-0.4, -0.2) is 23.5 Å². The number of benzene rings is 1. The summed E-state index contributed by atoms with van der Waals surface area (Å²) < 4.78 is 0.877. The highest BCUT2D eigenvalue weighted by Crippen LogP contribution is 2.23. The van der Waals surface area contributed by atoms with E-state index in [0.29, 0.717) is 18.0 Å². The number of carbonyl (C=O) groups is 1. The van der Waals surface area contributed by atoms with Gasteiger partial charge in [-0.25, -0.2) is 0 Å². The van der Waals surface area contributed by atoms with E-state index in [1.807, 2.05) is 32.0 Å². The molecular formula is C13H18BrN3OS. The minimum atomic E-state index is 0.0402. The van der Waals surface area contributed by atoms with Gasteiger partial charge >= 0.3 is 0 Å². The van der Waals surface area contributed by atoms with Gasteiger partial charge in [0.05, 0.1) is 0 Å². The van der Waals surface area contributed by atoms with Crippen molar-refractivity contribution in [3.05, 3.63) is 28.2 Å². The minimum absolute atomic E-state index is 0.0402. The van der Waals surface area contributed by atoms with Gasteiger partial charge in [-0.05, 0) is 48.0 Å². The Kier molecular flexibility index (Phi) is 6.24. The van der Waals surface area contributed by atoms with Crippen molar-refractivity contribution in [3.63, 3.8) is 0 Å². The van der Waals surface area contributed by atoms with E-state index >= 15 is 0 Å². The molecule has 104 valence electrons. The lowest BCUT2D eigenvalue weighted by Gasteiger charge is -2.11. The molecule has 0 unspecified atom stereocenters. The van der Waals surface area contributed by atoms with Gasteiger partial charge in [-0.3, -0.25) is 4.79 Å². The predicted molar refractivity (Wildman–Crippen MR) is 86.4 cm³/mol. The second-order valence-corrected chi connectivity index (χ2v) is 5.75. The summed E-state index contributed by atoms with van der Waals surface area (Å²) in [7, 11) is 0. The van der Waals surface area contributed by atoms with Gasteiger partial charge in [-0.2, -0.15) is 0 Å². The first-order chi connectivity index (χ1) is 8.90. The van der Waals surface area contributed by atoms with Crippen LogP contribution in [0.1, 0.15) is 25.8 Å². The maximum Gasteiger partial charge on any atom is 0.221 e. The topological polar surface area (TPSA) is 67.2 Å². The molecule has 0 saturated carbocycles. The van der Waals surface area contributed by atoms with Gasteiger partial charge in [0.1, 0.15) is 4.99 Å². The fourth-order valence-electron chi connectivity index (χ4n) is 1.52. The Morgan fingerprint density at radius 1 is 1.47 bits per heavy atom. The number of amides is 1. The summed E-state index contributed by atoms with van der Waals surface area (Å²) >= 11 is 8.36. The number of thiocarbonyl (C=S) groups is 1. The molecule has 6 heteroatoms. The standard InChI is InChI=1S/C13H18BrN3OS/c1-8(2)17-12(18)5-6-16-11-4-3-9(13(15)19)7-10(11)14/h3-4,7-8,16H,5-6H2,1-2H3,(H2,15,19)(H,17,18). The summed E-state index contributed by atoms with van der Waals surface area (Å²) in [4.78, 5) is 11.8. The van der Waals surface area contributed by atoms with Crippen molar-refractivity contribution in [3.8, 4) is 0 Å². The lowest BCUT2D eigenvalue weighted by molar-refractivity contribution is -0.121. The number of nitrogens with two attached hydrogens (primary N) is 1. The van der Waals surface area contributed by atoms with E-state index in [0.717, 1.165) is 15.7 Å². The summed E-state index contributed by atoms with van der Waals surface area (Å²) in [5, 5.41) is 6.03. The molecule has 0 saturated heterocycles. The van der Waals surface area contributed by atoms with Crippen LogP contribution >= 0.6 is 28.1 Å². The number of rotatable bonds is 6. The van der Waals surface area contributed by atoms with Gasteiger partial charge in [0.2, 0.25) is 5.91 Å². The third-order valence-electron chi connectivity index (χ3n) is 2.37. The molecule has 1 amide bonds. The number of nitrogens with one attached hydrogen (secondary N) is 2. The Labute approximate surface area is 127 Å². The zero-order valence-electron chi connectivity index (χ0n) is 11.0. The SMILES string of the molecule is CC(C)NC(=O)CCNc1ccc(C(N)=S)cc1Br. The van der Waals surface area contributed by atoms with E-state index in [9.17, 15) is 4.79 Å². The predicted octanol–water partition coefficient (Wildman–Crippen LogP) is 2.41. The molecule has 0 bridgehead atoms. The number of halogens is 1. The molecule has 0 aromatic heterocycles. The van der Waals surface area contributed by atoms with Gasteiger partial charge in [-0.1, -0.05) is 12.2 Å². The van der Waals surface area contributed by atoms with Crippen LogP contribution in [-0.2, 0) is 4.79 Å². The zero-order chi connectivity index (χ0) is 14.4. The number of hydrogen-bond acceptors (Lipinski definition) is 3. The molecule has 0 heterocycles. The minimum Gasteiger partial charge on any atom is -0.389 e. The van der Waals surface area contributed by atoms with Crippen molar-refractivity contribution in [2.75, 3.05) is 11.9 Å². The molecule has 0 aliphatic carbocycles. The van der Waals surface area contributed by atoms with Crippen molar-refractivity contribution in [2.24, 2.45) is 5.73 Å². The van der Waals surface area contributed by atoms with E-state index in [-0.39, 0.29) is 11.9 Å². The lowest BCUT2D eigenvalue weighted by Crippen LogP contribution is -2.31. The fraction of sp³-hybridized carbons (Fsp3) is 0.385. The molecule has 0 spiro atoms. The van der Waals surface area contributed by atoms with Crippen molar-refractivity contribution in [2.45, 2.75) is 26.3 Å². The Hall–Kier alpha value is -1.14. The van der Waals surface area contributed by atoms with E-state index < -0.39 is 0 Å². The van der Waals surface area contributed by atoms with Crippen molar-refractivity contribution in [1.82, 2.24) is 5.32 Å². The average Bonchev–Trinajstić information content (AvgIpc) is 2.29. The molecule has 4 nitrogen and oxygen atoms in total. The van der Waals surface area contributed by atoms with Gasteiger partial charge < -0.3 is 16.4 Å². The molecule has 0 aliphatic rings. The van der Waals surface area contributed by atoms with Gasteiger partial charge in [0.25, 0.3) is 0 Å². The molecule has 0 fully saturated rings. The highest BCUT2D eigenvalue weighted by atomic mass is 79.9. The normalized spacial score (nSPS) is 10.3. The smallest absolute Gasteiger partial charge is 0.221 e. The number of anilines is 1. The summed E-state index contributed by atoms with van der Waals surface area (Å²) in [6, 6.07) is 5.77. The molecule has 19 heavy (non-hydrogen) atoms. The highest BCUT2D eigenvalue weighted by molar-refractivity contribution is 9.10. The quantitative estimate of drug-likeness (QED) is 0.694. The third-order valence-corrected chi connectivity index (χ3v) is 3.26. The fourth-order valence-corrected chi connectivity index (χ4v) is 2.16. The lowest BCUT2D eigenvalue weighted by atomic mass is 10.2. The third kappa shape index (κ3) is 5.57. The van der Waals surface area contributed by atoms with E-state index in [1.54, 1.807) is 0 Å². The number of hydrogen-bond donors (Lipinski definition) is 3. The second kappa shape index (κ2) is 7.45. The molecule has 0 aliphatic heterocycles. The summed E-state index contributed by atoms with van der Waals surface area (Å²) in [5.74, 6) is 0.0402. The summed E-state index contributed by atoms with van der Waals surface area (Å²) in [6.07, 6.45) is 0.432. The van der Waals surface area contributed by atoms with Crippen LogP contribution < -0.4 is 16.4 Å². The first kappa shape index (κ1) is 15.9. The Balaban J connectivity index is 2.50. The van der Waals surface area contributed by atoms with E-state index in [1.165, 1.54) is 0 Å². The van der Waals surface area contributed by atoms with Gasteiger partial charge in [0, 0.05) is 34.7 Å². The molecule has 1 aromatic carbocycles. The average molecular weight is 344 g/mol. The van der Waals surface area contributed by atoms with Gasteiger partial charge in [-0.15, -0.1) is 0 Å². The van der Waals surface area contributed by atoms with Crippen LogP contribution in [0.4, 0.5) is 5.69 Å². The summed E-state index contributed by atoms with van der Waals surface area (Å²) in [6.45, 7) is 4.45. The maximum atomic E-state index is 11.5. The molecule has 0 radical (unpaired) electrons. The summed E-state index contributed by atoms with van der Waals surface area (Å²) in [5.41, 5.74) is 7.28. The first-order valence-corrected chi connectivity index (χ1v) is 7.23. The maximum absolute atomic E-state index is 11.5.